The molecule has 1 N–H and O–H groups in total. The van der Waals surface area contributed by atoms with Crippen molar-refractivity contribution in [2.75, 3.05) is 6.61 Å². The number of fused-ring (bicyclic) bond motifs is 1. The molecule has 0 saturated heterocycles. The van der Waals surface area contributed by atoms with Crippen LogP contribution < -0.4 is 5.32 Å². The summed E-state index contributed by atoms with van der Waals surface area (Å²) in [5, 5.41) is 10.9. The highest BCUT2D eigenvalue weighted by atomic mass is 16.5. The van der Waals surface area contributed by atoms with Crippen molar-refractivity contribution in [1.29, 1.82) is 0 Å². The molecule has 158 valence electrons. The first-order chi connectivity index (χ1) is 14.4. The van der Waals surface area contributed by atoms with Crippen LogP contribution >= 0.6 is 0 Å². The number of nitrogens with zero attached hydrogens (tertiary/aromatic N) is 3. The minimum Gasteiger partial charge on any atom is -0.452 e. The van der Waals surface area contributed by atoms with E-state index in [4.69, 9.17) is 4.74 Å². The second kappa shape index (κ2) is 9.52. The number of carbonyl (C=O) groups excluding carboxylic acids is 2. The summed E-state index contributed by atoms with van der Waals surface area (Å²) in [5.74, 6) is -0.314. The highest BCUT2D eigenvalue weighted by Gasteiger charge is 2.15. The molecule has 1 amide bonds. The van der Waals surface area contributed by atoms with E-state index in [0.29, 0.717) is 23.5 Å². The van der Waals surface area contributed by atoms with Gasteiger partial charge < -0.3 is 10.1 Å². The fourth-order valence-electron chi connectivity index (χ4n) is 3.33. The first-order valence-electron chi connectivity index (χ1n) is 10.3. The predicted molar refractivity (Wildman–Crippen MR) is 115 cm³/mol. The molecule has 2 aromatic carbocycles. The molecule has 30 heavy (non-hydrogen) atoms. The summed E-state index contributed by atoms with van der Waals surface area (Å²) >= 11 is 0. The molecule has 0 bridgehead atoms. The van der Waals surface area contributed by atoms with Crippen LogP contribution in [0.2, 0.25) is 0 Å². The summed E-state index contributed by atoms with van der Waals surface area (Å²) in [6.07, 6.45) is 1.03. The fourth-order valence-corrected chi connectivity index (χ4v) is 3.33. The van der Waals surface area contributed by atoms with Gasteiger partial charge in [0.1, 0.15) is 5.52 Å². The highest BCUT2D eigenvalue weighted by molar-refractivity contribution is 5.94. The molecular weight excluding hydrogens is 380 g/mol. The monoisotopic (exact) mass is 408 g/mol. The number of hydrogen-bond acceptors (Lipinski definition) is 5. The fraction of sp³-hybridized carbons (Fsp3) is 0.391. The maximum absolute atomic E-state index is 12.3. The van der Waals surface area contributed by atoms with Gasteiger partial charge in [0.05, 0.1) is 17.1 Å². The number of esters is 1. The summed E-state index contributed by atoms with van der Waals surface area (Å²) in [5.41, 5.74) is 4.08. The Morgan fingerprint density at radius 1 is 1.10 bits per heavy atom. The van der Waals surface area contributed by atoms with E-state index in [1.165, 1.54) is 5.56 Å². The van der Waals surface area contributed by atoms with Gasteiger partial charge in [0.25, 0.3) is 5.91 Å². The first kappa shape index (κ1) is 21.5. The van der Waals surface area contributed by atoms with E-state index in [1.54, 1.807) is 22.9 Å². The van der Waals surface area contributed by atoms with Gasteiger partial charge in [0.2, 0.25) is 0 Å². The smallest absolute Gasteiger partial charge is 0.338 e. The Hall–Kier alpha value is -3.22. The number of hydrogen-bond donors (Lipinski definition) is 1. The molecule has 0 aliphatic rings. The molecule has 1 aromatic heterocycles. The Kier molecular flexibility index (Phi) is 6.82. The molecule has 0 saturated carbocycles. The molecule has 3 rings (SSSR count). The average Bonchev–Trinajstić information content (AvgIpc) is 3.14. The number of nitrogens with one attached hydrogen (secondary N) is 1. The van der Waals surface area contributed by atoms with Gasteiger partial charge in [-0.25, -0.2) is 9.48 Å². The van der Waals surface area contributed by atoms with Crippen molar-refractivity contribution in [3.8, 4) is 0 Å². The van der Waals surface area contributed by atoms with Crippen LogP contribution in [0.3, 0.4) is 0 Å². The van der Waals surface area contributed by atoms with E-state index >= 15 is 0 Å². The maximum atomic E-state index is 12.3. The van der Waals surface area contributed by atoms with Crippen molar-refractivity contribution in [3.05, 3.63) is 59.2 Å². The second-order valence-corrected chi connectivity index (χ2v) is 7.81. The van der Waals surface area contributed by atoms with Gasteiger partial charge in [-0.2, -0.15) is 0 Å². The number of aromatic nitrogens is 3. The third-order valence-electron chi connectivity index (χ3n) is 4.88. The lowest BCUT2D eigenvalue weighted by Crippen LogP contribution is -2.31. The lowest BCUT2D eigenvalue weighted by molar-refractivity contribution is -0.124. The Morgan fingerprint density at radius 2 is 1.83 bits per heavy atom. The van der Waals surface area contributed by atoms with Crippen LogP contribution in [0.4, 0.5) is 0 Å². The second-order valence-electron chi connectivity index (χ2n) is 7.81. The van der Waals surface area contributed by atoms with Crippen LogP contribution in [0.15, 0.2) is 42.5 Å². The number of aryl methyl sites for hydroxylation is 1. The molecule has 0 spiro atoms. The van der Waals surface area contributed by atoms with Crippen LogP contribution in [-0.4, -0.2) is 33.5 Å². The number of carbonyl (C=O) groups is 2. The molecule has 0 aliphatic heterocycles. The number of amides is 1. The van der Waals surface area contributed by atoms with Crippen LogP contribution in [0.25, 0.3) is 11.0 Å². The molecule has 0 unspecified atom stereocenters. The number of ether oxygens (including phenoxy) is 1. The van der Waals surface area contributed by atoms with Crippen LogP contribution in [-0.2, 0) is 22.5 Å². The predicted octanol–water partition coefficient (Wildman–Crippen LogP) is 3.68. The van der Waals surface area contributed by atoms with E-state index in [2.05, 4.69) is 41.6 Å². The van der Waals surface area contributed by atoms with Gasteiger partial charge in [-0.1, -0.05) is 43.3 Å². The summed E-state index contributed by atoms with van der Waals surface area (Å²) in [4.78, 5) is 24.5. The molecule has 0 fully saturated rings. The van der Waals surface area contributed by atoms with Crippen LogP contribution in [0, 0.1) is 5.92 Å². The quantitative estimate of drug-likeness (QED) is 0.575. The molecule has 1 atom stereocenters. The van der Waals surface area contributed by atoms with Gasteiger partial charge in [-0.15, -0.1) is 5.10 Å². The highest BCUT2D eigenvalue weighted by Crippen LogP contribution is 2.16. The van der Waals surface area contributed by atoms with Crippen molar-refractivity contribution in [1.82, 2.24) is 20.3 Å². The topological polar surface area (TPSA) is 86.1 Å². The molecule has 0 aliphatic carbocycles. The third kappa shape index (κ3) is 5.23. The standard InChI is InChI=1S/C23H28N4O3/c1-5-27-21-11-10-19(13-20(21)25-26-27)23(29)30-14-22(28)24-16(4)18-8-6-17(7-9-18)12-15(2)3/h6-11,13,15-16H,5,12,14H2,1-4H3,(H,24,28)/t16-/m0/s1. The van der Waals surface area contributed by atoms with Crippen molar-refractivity contribution in [2.24, 2.45) is 5.92 Å². The summed E-state index contributed by atoms with van der Waals surface area (Å²) < 4.78 is 6.91. The summed E-state index contributed by atoms with van der Waals surface area (Å²) in [6.45, 7) is 8.60. The van der Waals surface area contributed by atoms with E-state index in [-0.39, 0.29) is 18.6 Å². The van der Waals surface area contributed by atoms with Gasteiger partial charge in [0.15, 0.2) is 6.61 Å². The minimum atomic E-state index is -0.566. The van der Waals surface area contributed by atoms with E-state index in [9.17, 15) is 9.59 Å². The molecule has 1 heterocycles. The Morgan fingerprint density at radius 3 is 2.50 bits per heavy atom. The Bertz CT molecular complexity index is 1020. The molecule has 3 aromatic rings. The van der Waals surface area contributed by atoms with Gasteiger partial charge in [-0.3, -0.25) is 4.79 Å². The van der Waals surface area contributed by atoms with Crippen molar-refractivity contribution >= 4 is 22.9 Å². The van der Waals surface area contributed by atoms with Gasteiger partial charge >= 0.3 is 5.97 Å². The van der Waals surface area contributed by atoms with Gasteiger partial charge in [0, 0.05) is 6.54 Å². The zero-order valence-electron chi connectivity index (χ0n) is 17.9. The normalized spacial score (nSPS) is 12.2. The molecule has 0 radical (unpaired) electrons. The van der Waals surface area contributed by atoms with Crippen molar-refractivity contribution < 1.29 is 14.3 Å². The zero-order chi connectivity index (χ0) is 21.7. The largest absolute Gasteiger partial charge is 0.452 e. The molecule has 7 nitrogen and oxygen atoms in total. The summed E-state index contributed by atoms with van der Waals surface area (Å²) in [7, 11) is 0. The third-order valence-corrected chi connectivity index (χ3v) is 4.88. The van der Waals surface area contributed by atoms with Crippen LogP contribution in [0.1, 0.15) is 55.2 Å². The summed E-state index contributed by atoms with van der Waals surface area (Å²) in [6, 6.07) is 13.1. The molecule has 7 heteroatoms. The van der Waals surface area contributed by atoms with Crippen LogP contribution in [0.5, 0.6) is 0 Å². The number of benzene rings is 2. The number of rotatable bonds is 8. The van der Waals surface area contributed by atoms with Gasteiger partial charge in [-0.05, 0) is 55.5 Å². The zero-order valence-corrected chi connectivity index (χ0v) is 17.9. The van der Waals surface area contributed by atoms with Crippen molar-refractivity contribution in [3.63, 3.8) is 0 Å². The lowest BCUT2D eigenvalue weighted by atomic mass is 10.00. The minimum absolute atomic E-state index is 0.176. The van der Waals surface area contributed by atoms with E-state index in [0.717, 1.165) is 17.5 Å². The first-order valence-corrected chi connectivity index (χ1v) is 10.3. The Balaban J connectivity index is 1.53. The SMILES string of the molecule is CCn1nnc2cc(C(=O)OCC(=O)N[C@@H](C)c3ccc(CC(C)C)cc3)ccc21. The average molecular weight is 409 g/mol. The van der Waals surface area contributed by atoms with E-state index in [1.807, 2.05) is 26.0 Å². The maximum Gasteiger partial charge on any atom is 0.338 e. The lowest BCUT2D eigenvalue weighted by Gasteiger charge is -2.15. The Labute approximate surface area is 176 Å². The molecular formula is C23H28N4O3. The van der Waals surface area contributed by atoms with Crippen molar-refractivity contribution in [2.45, 2.75) is 46.7 Å². The van der Waals surface area contributed by atoms with E-state index < -0.39 is 5.97 Å².